The SMILES string of the molecule is CC(C)CCNC(=O)c1ccc(C(=O)Nc2cccc(C#N)c2)cc1. The Kier molecular flexibility index (Phi) is 6.30. The number of benzene rings is 2. The molecule has 0 aliphatic rings. The van der Waals surface area contributed by atoms with Crippen LogP contribution in [0.2, 0.25) is 0 Å². The first kappa shape index (κ1) is 18.2. The smallest absolute Gasteiger partial charge is 0.255 e. The molecule has 2 amide bonds. The van der Waals surface area contributed by atoms with Crippen molar-refractivity contribution in [1.82, 2.24) is 5.32 Å². The van der Waals surface area contributed by atoms with Gasteiger partial charge in [0.15, 0.2) is 0 Å². The highest BCUT2D eigenvalue weighted by Gasteiger charge is 2.09. The van der Waals surface area contributed by atoms with Crippen LogP contribution in [0.15, 0.2) is 48.5 Å². The maximum atomic E-state index is 12.2. The fourth-order valence-corrected chi connectivity index (χ4v) is 2.22. The lowest BCUT2D eigenvalue weighted by Crippen LogP contribution is -2.25. The van der Waals surface area contributed by atoms with E-state index in [0.717, 1.165) is 6.42 Å². The van der Waals surface area contributed by atoms with Gasteiger partial charge in [0.1, 0.15) is 0 Å². The van der Waals surface area contributed by atoms with Gasteiger partial charge >= 0.3 is 0 Å². The zero-order valence-electron chi connectivity index (χ0n) is 14.4. The third kappa shape index (κ3) is 5.47. The Morgan fingerprint density at radius 2 is 1.68 bits per heavy atom. The summed E-state index contributed by atoms with van der Waals surface area (Å²) in [6, 6.07) is 15.2. The molecule has 0 saturated carbocycles. The normalized spacial score (nSPS) is 10.2. The molecule has 0 aromatic heterocycles. The quantitative estimate of drug-likeness (QED) is 0.846. The maximum absolute atomic E-state index is 12.2. The number of carbonyl (C=O) groups excluding carboxylic acids is 2. The lowest BCUT2D eigenvalue weighted by atomic mass is 10.1. The molecule has 0 saturated heterocycles. The standard InChI is InChI=1S/C20H21N3O2/c1-14(2)10-11-22-19(24)16-6-8-17(9-7-16)20(25)23-18-5-3-4-15(12-18)13-21/h3-9,12,14H,10-11H2,1-2H3,(H,22,24)(H,23,25). The minimum absolute atomic E-state index is 0.144. The summed E-state index contributed by atoms with van der Waals surface area (Å²) in [4.78, 5) is 24.3. The molecule has 0 aliphatic carbocycles. The van der Waals surface area contributed by atoms with E-state index >= 15 is 0 Å². The van der Waals surface area contributed by atoms with E-state index in [4.69, 9.17) is 5.26 Å². The lowest BCUT2D eigenvalue weighted by Gasteiger charge is -2.08. The zero-order valence-corrected chi connectivity index (χ0v) is 14.4. The molecule has 5 heteroatoms. The summed E-state index contributed by atoms with van der Waals surface area (Å²) in [7, 11) is 0. The highest BCUT2D eigenvalue weighted by molar-refractivity contribution is 6.05. The molecule has 0 atom stereocenters. The number of anilines is 1. The van der Waals surface area contributed by atoms with E-state index in [-0.39, 0.29) is 11.8 Å². The average molecular weight is 335 g/mol. The molecule has 0 unspecified atom stereocenters. The predicted molar refractivity (Wildman–Crippen MR) is 97.3 cm³/mol. The molecule has 0 heterocycles. The molecule has 0 aliphatic heterocycles. The van der Waals surface area contributed by atoms with Crippen LogP contribution in [0, 0.1) is 17.2 Å². The van der Waals surface area contributed by atoms with Crippen molar-refractivity contribution in [1.29, 1.82) is 5.26 Å². The van der Waals surface area contributed by atoms with Gasteiger partial charge in [0.2, 0.25) is 0 Å². The fraction of sp³-hybridized carbons (Fsp3) is 0.250. The van der Waals surface area contributed by atoms with Crippen LogP contribution in [0.3, 0.4) is 0 Å². The van der Waals surface area contributed by atoms with Crippen LogP contribution in [-0.4, -0.2) is 18.4 Å². The second-order valence-electron chi connectivity index (χ2n) is 6.16. The molecular weight excluding hydrogens is 314 g/mol. The molecular formula is C20H21N3O2. The van der Waals surface area contributed by atoms with Crippen molar-refractivity contribution in [3.8, 4) is 6.07 Å². The van der Waals surface area contributed by atoms with Crippen LogP contribution in [-0.2, 0) is 0 Å². The van der Waals surface area contributed by atoms with Crippen molar-refractivity contribution in [2.75, 3.05) is 11.9 Å². The van der Waals surface area contributed by atoms with Gasteiger partial charge in [0.25, 0.3) is 11.8 Å². The van der Waals surface area contributed by atoms with Crippen molar-refractivity contribution in [3.63, 3.8) is 0 Å². The monoisotopic (exact) mass is 335 g/mol. The minimum atomic E-state index is -0.290. The maximum Gasteiger partial charge on any atom is 0.255 e. The van der Waals surface area contributed by atoms with Gasteiger partial charge in [-0.1, -0.05) is 19.9 Å². The van der Waals surface area contributed by atoms with Gasteiger partial charge in [-0.2, -0.15) is 5.26 Å². The van der Waals surface area contributed by atoms with Crippen molar-refractivity contribution in [2.24, 2.45) is 5.92 Å². The largest absolute Gasteiger partial charge is 0.352 e. The summed E-state index contributed by atoms with van der Waals surface area (Å²) in [6.45, 7) is 4.84. The fourth-order valence-electron chi connectivity index (χ4n) is 2.22. The number of nitrogens with one attached hydrogen (secondary N) is 2. The van der Waals surface area contributed by atoms with E-state index in [2.05, 4.69) is 24.5 Å². The van der Waals surface area contributed by atoms with Gasteiger partial charge in [-0.3, -0.25) is 9.59 Å². The number of amides is 2. The van der Waals surface area contributed by atoms with E-state index in [0.29, 0.717) is 34.8 Å². The molecule has 2 rings (SSSR count). The number of carbonyl (C=O) groups is 2. The van der Waals surface area contributed by atoms with Crippen LogP contribution >= 0.6 is 0 Å². The molecule has 0 bridgehead atoms. The van der Waals surface area contributed by atoms with Crippen molar-refractivity contribution in [2.45, 2.75) is 20.3 Å². The molecule has 2 aromatic carbocycles. The Morgan fingerprint density at radius 1 is 1.04 bits per heavy atom. The van der Waals surface area contributed by atoms with Crippen molar-refractivity contribution < 1.29 is 9.59 Å². The summed E-state index contributed by atoms with van der Waals surface area (Å²) in [5.41, 5.74) is 2.00. The number of nitrogens with zero attached hydrogens (tertiary/aromatic N) is 1. The van der Waals surface area contributed by atoms with E-state index in [9.17, 15) is 9.59 Å². The Labute approximate surface area is 147 Å². The van der Waals surface area contributed by atoms with Gasteiger partial charge in [-0.25, -0.2) is 0 Å². The molecule has 128 valence electrons. The summed E-state index contributed by atoms with van der Waals surface area (Å²) >= 11 is 0. The Bertz CT molecular complexity index is 789. The molecule has 25 heavy (non-hydrogen) atoms. The third-order valence-electron chi connectivity index (χ3n) is 3.67. The predicted octanol–water partition coefficient (Wildman–Crippen LogP) is 3.59. The first-order valence-electron chi connectivity index (χ1n) is 8.19. The Hall–Kier alpha value is -3.13. The number of rotatable bonds is 6. The van der Waals surface area contributed by atoms with Gasteiger partial charge in [0.05, 0.1) is 11.6 Å². The summed E-state index contributed by atoms with van der Waals surface area (Å²) in [5.74, 6) is 0.0992. The molecule has 5 nitrogen and oxygen atoms in total. The number of hydrogen-bond donors (Lipinski definition) is 2. The first-order chi connectivity index (χ1) is 12.0. The molecule has 0 radical (unpaired) electrons. The van der Waals surface area contributed by atoms with E-state index < -0.39 is 0 Å². The van der Waals surface area contributed by atoms with Crippen molar-refractivity contribution >= 4 is 17.5 Å². The number of nitriles is 1. The summed E-state index contributed by atoms with van der Waals surface area (Å²) in [5, 5.41) is 14.5. The summed E-state index contributed by atoms with van der Waals surface area (Å²) < 4.78 is 0. The van der Waals surface area contributed by atoms with Gasteiger partial charge in [0, 0.05) is 23.4 Å². The van der Waals surface area contributed by atoms with Crippen LogP contribution in [0.25, 0.3) is 0 Å². The van der Waals surface area contributed by atoms with Gasteiger partial charge in [-0.05, 0) is 54.8 Å². The summed E-state index contributed by atoms with van der Waals surface area (Å²) in [6.07, 6.45) is 0.925. The van der Waals surface area contributed by atoms with Crippen LogP contribution in [0.1, 0.15) is 46.5 Å². The molecule has 2 aromatic rings. The van der Waals surface area contributed by atoms with E-state index in [1.807, 2.05) is 6.07 Å². The van der Waals surface area contributed by atoms with Gasteiger partial charge < -0.3 is 10.6 Å². The van der Waals surface area contributed by atoms with E-state index in [1.165, 1.54) is 0 Å². The Morgan fingerprint density at radius 3 is 2.28 bits per heavy atom. The zero-order chi connectivity index (χ0) is 18.2. The average Bonchev–Trinajstić information content (AvgIpc) is 2.61. The highest BCUT2D eigenvalue weighted by atomic mass is 16.2. The second kappa shape index (κ2) is 8.65. The van der Waals surface area contributed by atoms with E-state index in [1.54, 1.807) is 48.5 Å². The van der Waals surface area contributed by atoms with Crippen LogP contribution in [0.4, 0.5) is 5.69 Å². The topological polar surface area (TPSA) is 82.0 Å². The third-order valence-corrected chi connectivity index (χ3v) is 3.67. The van der Waals surface area contributed by atoms with Crippen LogP contribution < -0.4 is 10.6 Å². The molecule has 0 spiro atoms. The van der Waals surface area contributed by atoms with Gasteiger partial charge in [-0.15, -0.1) is 0 Å². The first-order valence-corrected chi connectivity index (χ1v) is 8.19. The molecule has 0 fully saturated rings. The Balaban J connectivity index is 1.97. The van der Waals surface area contributed by atoms with Crippen LogP contribution in [0.5, 0.6) is 0 Å². The lowest BCUT2D eigenvalue weighted by molar-refractivity contribution is 0.0950. The molecule has 2 N–H and O–H groups in total. The number of hydrogen-bond acceptors (Lipinski definition) is 3. The minimum Gasteiger partial charge on any atom is -0.352 e. The highest BCUT2D eigenvalue weighted by Crippen LogP contribution is 2.12. The van der Waals surface area contributed by atoms with Crippen molar-refractivity contribution in [3.05, 3.63) is 65.2 Å². The second-order valence-corrected chi connectivity index (χ2v) is 6.16.